The fraction of sp³-hybridized carbons (Fsp3) is 0.276. The van der Waals surface area contributed by atoms with Gasteiger partial charge in [-0.05, 0) is 76.5 Å². The molecule has 1 saturated heterocycles. The standard InChI is InChI=1S/C29H32BrN5O2/c1-3-27-28(35-20-22(30)6-9-25(35)19-31-27)29(36)32-18-21-4-7-23(8-5-21)33-14-16-34(17-15-33)24-10-12-26(37-2)13-11-24/h4-13,19-20,31H,3,14-18H2,1-2H3,(H,32,36). The molecule has 3 aliphatic heterocycles. The van der Waals surface area contributed by atoms with Gasteiger partial charge in [-0.15, -0.1) is 0 Å². The summed E-state index contributed by atoms with van der Waals surface area (Å²) in [6.07, 6.45) is 8.54. The van der Waals surface area contributed by atoms with Gasteiger partial charge in [0.15, 0.2) is 0 Å². The number of anilines is 2. The number of allylic oxidation sites excluding steroid dienone is 4. The molecule has 2 aromatic carbocycles. The number of ether oxygens (including phenoxy) is 1. The summed E-state index contributed by atoms with van der Waals surface area (Å²) in [6, 6.07) is 16.8. The zero-order valence-corrected chi connectivity index (χ0v) is 22.8. The first-order valence-electron chi connectivity index (χ1n) is 12.6. The van der Waals surface area contributed by atoms with Crippen molar-refractivity contribution in [2.75, 3.05) is 43.1 Å². The summed E-state index contributed by atoms with van der Waals surface area (Å²) in [4.78, 5) is 20.0. The number of nitrogens with zero attached hydrogens (tertiary/aromatic N) is 3. The van der Waals surface area contributed by atoms with Gasteiger partial charge >= 0.3 is 0 Å². The predicted molar refractivity (Wildman–Crippen MR) is 152 cm³/mol. The Labute approximate surface area is 226 Å². The maximum atomic E-state index is 13.2. The van der Waals surface area contributed by atoms with E-state index in [2.05, 4.69) is 72.8 Å². The molecule has 0 aliphatic carbocycles. The fourth-order valence-corrected chi connectivity index (χ4v) is 5.13. The van der Waals surface area contributed by atoms with E-state index in [1.54, 1.807) is 7.11 Å². The van der Waals surface area contributed by atoms with Crippen molar-refractivity contribution >= 4 is 33.2 Å². The van der Waals surface area contributed by atoms with Crippen LogP contribution in [0.5, 0.6) is 5.75 Å². The maximum absolute atomic E-state index is 13.2. The Morgan fingerprint density at radius 3 is 2.19 bits per heavy atom. The number of amides is 1. The summed E-state index contributed by atoms with van der Waals surface area (Å²) in [5.41, 5.74) is 5.98. The van der Waals surface area contributed by atoms with Gasteiger partial charge in [-0.3, -0.25) is 4.79 Å². The molecular formula is C29H32BrN5O2. The van der Waals surface area contributed by atoms with Gasteiger partial charge in [-0.1, -0.05) is 19.1 Å². The van der Waals surface area contributed by atoms with Crippen LogP contribution in [0, 0.1) is 0 Å². The molecule has 0 radical (unpaired) electrons. The minimum atomic E-state index is -0.0967. The first kappa shape index (κ1) is 25.0. The third kappa shape index (κ3) is 5.54. The van der Waals surface area contributed by atoms with Crippen molar-refractivity contribution in [1.82, 2.24) is 15.5 Å². The zero-order chi connectivity index (χ0) is 25.8. The number of carbonyl (C=O) groups is 1. The van der Waals surface area contributed by atoms with Crippen molar-refractivity contribution in [2.24, 2.45) is 0 Å². The highest BCUT2D eigenvalue weighted by atomic mass is 79.9. The monoisotopic (exact) mass is 561 g/mol. The van der Waals surface area contributed by atoms with Gasteiger partial charge in [0.25, 0.3) is 5.91 Å². The van der Waals surface area contributed by atoms with Crippen molar-refractivity contribution in [1.29, 1.82) is 0 Å². The molecule has 0 spiro atoms. The van der Waals surface area contributed by atoms with Gasteiger partial charge in [0.05, 0.1) is 12.8 Å². The lowest BCUT2D eigenvalue weighted by Gasteiger charge is -2.37. The third-order valence-corrected chi connectivity index (χ3v) is 7.37. The van der Waals surface area contributed by atoms with Gasteiger partial charge < -0.3 is 30.1 Å². The van der Waals surface area contributed by atoms with E-state index in [1.807, 2.05) is 48.5 Å². The number of nitrogens with one attached hydrogen (secondary N) is 2. The largest absolute Gasteiger partial charge is 0.497 e. The maximum Gasteiger partial charge on any atom is 0.270 e. The van der Waals surface area contributed by atoms with Crippen LogP contribution in [0.25, 0.3) is 0 Å². The van der Waals surface area contributed by atoms with Crippen LogP contribution < -0.4 is 25.2 Å². The van der Waals surface area contributed by atoms with Crippen LogP contribution in [-0.2, 0) is 11.3 Å². The lowest BCUT2D eigenvalue weighted by molar-refractivity contribution is -0.118. The molecule has 0 saturated carbocycles. The molecule has 2 N–H and O–H groups in total. The van der Waals surface area contributed by atoms with Crippen LogP contribution in [0.15, 0.2) is 94.7 Å². The van der Waals surface area contributed by atoms with E-state index in [1.165, 1.54) is 11.4 Å². The Bertz CT molecular complexity index is 1260. The van der Waals surface area contributed by atoms with E-state index in [0.29, 0.717) is 12.2 Å². The highest BCUT2D eigenvalue weighted by Crippen LogP contribution is 2.29. The van der Waals surface area contributed by atoms with E-state index < -0.39 is 0 Å². The average molecular weight is 563 g/mol. The summed E-state index contributed by atoms with van der Waals surface area (Å²) in [5.74, 6) is 0.785. The average Bonchev–Trinajstić information content (AvgIpc) is 2.95. The van der Waals surface area contributed by atoms with Crippen molar-refractivity contribution in [3.05, 3.63) is 100 Å². The SMILES string of the molecule is CCC1=C(C(=O)NCc2ccc(N3CCN(c4ccc(OC)cc4)CC3)cc2)N2C=C(Br)C=CC2=CN1. The Morgan fingerprint density at radius 1 is 0.973 bits per heavy atom. The van der Waals surface area contributed by atoms with Crippen LogP contribution in [0.1, 0.15) is 18.9 Å². The molecule has 5 rings (SSSR count). The summed E-state index contributed by atoms with van der Waals surface area (Å²) in [5, 5.41) is 6.39. The van der Waals surface area contributed by atoms with Crippen LogP contribution in [-0.4, -0.2) is 44.1 Å². The van der Waals surface area contributed by atoms with E-state index in [9.17, 15) is 4.79 Å². The van der Waals surface area contributed by atoms with Gasteiger partial charge in [0.1, 0.15) is 11.4 Å². The number of benzene rings is 2. The predicted octanol–water partition coefficient (Wildman–Crippen LogP) is 4.81. The molecule has 192 valence electrons. The highest BCUT2D eigenvalue weighted by Gasteiger charge is 2.27. The summed E-state index contributed by atoms with van der Waals surface area (Å²) < 4.78 is 6.20. The fourth-order valence-electron chi connectivity index (χ4n) is 4.79. The van der Waals surface area contributed by atoms with E-state index in [0.717, 1.165) is 59.8 Å². The van der Waals surface area contributed by atoms with Crippen LogP contribution in [0.3, 0.4) is 0 Å². The minimum Gasteiger partial charge on any atom is -0.497 e. The minimum absolute atomic E-state index is 0.0967. The number of hydrogen-bond acceptors (Lipinski definition) is 6. The van der Waals surface area contributed by atoms with Gasteiger partial charge in [0, 0.05) is 66.7 Å². The third-order valence-electron chi connectivity index (χ3n) is 6.91. The van der Waals surface area contributed by atoms with Crippen molar-refractivity contribution < 1.29 is 9.53 Å². The molecule has 0 unspecified atom stereocenters. The molecule has 7 nitrogen and oxygen atoms in total. The molecule has 1 fully saturated rings. The summed E-state index contributed by atoms with van der Waals surface area (Å²) in [6.45, 7) is 6.39. The Balaban J connectivity index is 1.17. The molecule has 37 heavy (non-hydrogen) atoms. The molecule has 0 bridgehead atoms. The number of rotatable bonds is 7. The van der Waals surface area contributed by atoms with Crippen molar-refractivity contribution in [2.45, 2.75) is 19.9 Å². The second kappa shape index (κ2) is 11.2. The first-order valence-corrected chi connectivity index (χ1v) is 13.4. The van der Waals surface area contributed by atoms with E-state index in [4.69, 9.17) is 4.74 Å². The normalized spacial score (nSPS) is 17.1. The van der Waals surface area contributed by atoms with E-state index >= 15 is 0 Å². The zero-order valence-electron chi connectivity index (χ0n) is 21.2. The molecule has 3 heterocycles. The second-order valence-corrected chi connectivity index (χ2v) is 10.0. The highest BCUT2D eigenvalue weighted by molar-refractivity contribution is 9.11. The molecule has 0 aromatic heterocycles. The van der Waals surface area contributed by atoms with Crippen molar-refractivity contribution in [3.63, 3.8) is 0 Å². The number of fused-ring (bicyclic) bond motifs is 1. The topological polar surface area (TPSA) is 60.1 Å². The second-order valence-electron chi connectivity index (χ2n) is 9.13. The Hall–Kier alpha value is -3.65. The van der Waals surface area contributed by atoms with Gasteiger partial charge in [0.2, 0.25) is 0 Å². The van der Waals surface area contributed by atoms with Crippen LogP contribution in [0.4, 0.5) is 11.4 Å². The smallest absolute Gasteiger partial charge is 0.270 e. The molecule has 0 atom stereocenters. The lowest BCUT2D eigenvalue weighted by Crippen LogP contribution is -2.46. The number of methoxy groups -OCH3 is 1. The Morgan fingerprint density at radius 2 is 1.59 bits per heavy atom. The summed E-state index contributed by atoms with van der Waals surface area (Å²) >= 11 is 3.52. The van der Waals surface area contributed by atoms with Gasteiger partial charge in [-0.25, -0.2) is 0 Å². The van der Waals surface area contributed by atoms with E-state index in [-0.39, 0.29) is 5.91 Å². The van der Waals surface area contributed by atoms with Crippen LogP contribution >= 0.6 is 15.9 Å². The lowest BCUT2D eigenvalue weighted by atomic mass is 10.1. The quantitative estimate of drug-likeness (QED) is 0.505. The molecule has 8 heteroatoms. The number of piperazine rings is 1. The molecule has 1 amide bonds. The summed E-state index contributed by atoms with van der Waals surface area (Å²) in [7, 11) is 1.69. The number of halogens is 1. The first-order chi connectivity index (χ1) is 18.1. The van der Waals surface area contributed by atoms with Gasteiger partial charge in [-0.2, -0.15) is 0 Å². The van der Waals surface area contributed by atoms with Crippen molar-refractivity contribution in [3.8, 4) is 5.75 Å². The van der Waals surface area contributed by atoms with Crippen LogP contribution in [0.2, 0.25) is 0 Å². The molecular weight excluding hydrogens is 530 g/mol. The molecule has 2 aromatic rings. The Kier molecular flexibility index (Phi) is 7.55. The molecule has 3 aliphatic rings. The number of hydrogen-bond donors (Lipinski definition) is 2. The number of carbonyl (C=O) groups excluding carboxylic acids is 1.